The van der Waals surface area contributed by atoms with Crippen LogP contribution >= 0.6 is 0 Å². The smallest absolute Gasteiger partial charge is 0.250 e. The predicted molar refractivity (Wildman–Crippen MR) is 102 cm³/mol. The maximum absolute atomic E-state index is 11.7. The molecule has 0 amide bonds. The summed E-state index contributed by atoms with van der Waals surface area (Å²) in [4.78, 5) is 14.3. The summed E-state index contributed by atoms with van der Waals surface area (Å²) in [6.45, 7) is 1.71. The maximum atomic E-state index is 11.7. The average molecular weight is 370 g/mol. The number of pyridine rings is 1. The molecule has 0 aliphatic rings. The van der Waals surface area contributed by atoms with Crippen LogP contribution in [0.1, 0.15) is 5.56 Å². The zero-order valence-electron chi connectivity index (χ0n) is 14.3. The van der Waals surface area contributed by atoms with Gasteiger partial charge < -0.3 is 9.72 Å². The Labute approximate surface area is 151 Å². The number of nitrogens with one attached hydrogen (secondary N) is 2. The summed E-state index contributed by atoms with van der Waals surface area (Å²) in [5.74, 6) is 1.19. The van der Waals surface area contributed by atoms with E-state index in [2.05, 4.69) is 9.71 Å². The Morgan fingerprint density at radius 3 is 2.42 bits per heavy atom. The molecule has 0 atom stereocenters. The lowest BCUT2D eigenvalue weighted by Crippen LogP contribution is -2.10. The Balaban J connectivity index is 2.10. The van der Waals surface area contributed by atoms with Crippen LogP contribution in [-0.2, 0) is 10.0 Å². The van der Waals surface area contributed by atoms with Crippen LogP contribution < -0.4 is 15.0 Å². The summed E-state index contributed by atoms with van der Waals surface area (Å²) in [5, 5.41) is 0. The van der Waals surface area contributed by atoms with Crippen molar-refractivity contribution < 1.29 is 13.2 Å². The highest BCUT2D eigenvalue weighted by Gasteiger charge is 2.12. The number of anilines is 1. The van der Waals surface area contributed by atoms with Crippen molar-refractivity contribution in [3.63, 3.8) is 0 Å². The van der Waals surface area contributed by atoms with Crippen molar-refractivity contribution in [1.29, 1.82) is 0 Å². The molecule has 0 saturated carbocycles. The van der Waals surface area contributed by atoms with Crippen LogP contribution in [0.2, 0.25) is 0 Å². The first-order valence-electron chi connectivity index (χ1n) is 7.86. The lowest BCUT2D eigenvalue weighted by molar-refractivity contribution is 0.484. The van der Waals surface area contributed by atoms with Gasteiger partial charge in [-0.05, 0) is 43.3 Å². The molecular weight excluding hydrogens is 352 g/mol. The number of ether oxygens (including phenoxy) is 1. The Morgan fingerprint density at radius 2 is 1.77 bits per heavy atom. The van der Waals surface area contributed by atoms with Crippen molar-refractivity contribution in [3.05, 3.63) is 76.7 Å². The fourth-order valence-electron chi connectivity index (χ4n) is 2.49. The highest BCUT2D eigenvalue weighted by molar-refractivity contribution is 7.92. The van der Waals surface area contributed by atoms with Crippen LogP contribution in [0.5, 0.6) is 11.5 Å². The van der Waals surface area contributed by atoms with Gasteiger partial charge in [-0.2, -0.15) is 0 Å². The van der Waals surface area contributed by atoms with Crippen molar-refractivity contribution in [1.82, 2.24) is 4.98 Å². The molecule has 0 aliphatic carbocycles. The lowest BCUT2D eigenvalue weighted by atomic mass is 10.0. The summed E-state index contributed by atoms with van der Waals surface area (Å²) in [5.41, 5.74) is 2.15. The molecule has 0 aliphatic heterocycles. The number of hydrogen-bond donors (Lipinski definition) is 2. The third-order valence-corrected chi connectivity index (χ3v) is 4.26. The monoisotopic (exact) mass is 370 g/mol. The minimum Gasteiger partial charge on any atom is -0.457 e. The van der Waals surface area contributed by atoms with Crippen molar-refractivity contribution in [3.8, 4) is 22.6 Å². The van der Waals surface area contributed by atoms with E-state index in [4.69, 9.17) is 4.74 Å². The molecule has 0 spiro atoms. The van der Waals surface area contributed by atoms with Gasteiger partial charge in [0.2, 0.25) is 10.0 Å². The minimum atomic E-state index is -3.41. The van der Waals surface area contributed by atoms with Crippen molar-refractivity contribution in [2.24, 2.45) is 0 Å². The summed E-state index contributed by atoms with van der Waals surface area (Å²) < 4.78 is 31.5. The molecule has 2 N–H and O–H groups in total. The van der Waals surface area contributed by atoms with Crippen LogP contribution in [0.4, 0.5) is 5.69 Å². The van der Waals surface area contributed by atoms with E-state index in [-0.39, 0.29) is 5.56 Å². The molecular formula is C19H18N2O4S. The molecule has 1 aromatic heterocycles. The number of benzene rings is 2. The SMILES string of the molecule is Cc1cc(-c2cc(NS(C)(=O)=O)ccc2Oc2ccccc2)c[nH]c1=O. The van der Waals surface area contributed by atoms with E-state index in [0.717, 1.165) is 6.26 Å². The predicted octanol–water partition coefficient (Wildman–Crippen LogP) is 3.51. The van der Waals surface area contributed by atoms with Gasteiger partial charge in [-0.25, -0.2) is 8.42 Å². The molecule has 26 heavy (non-hydrogen) atoms. The normalized spacial score (nSPS) is 11.2. The maximum Gasteiger partial charge on any atom is 0.250 e. The van der Waals surface area contributed by atoms with Gasteiger partial charge in [0.15, 0.2) is 0 Å². The molecule has 134 valence electrons. The van der Waals surface area contributed by atoms with E-state index in [1.54, 1.807) is 37.4 Å². The molecule has 1 heterocycles. The first-order chi connectivity index (χ1) is 12.3. The Morgan fingerprint density at radius 1 is 1.04 bits per heavy atom. The molecule has 3 rings (SSSR count). The fraction of sp³-hybridized carbons (Fsp3) is 0.105. The van der Waals surface area contributed by atoms with E-state index >= 15 is 0 Å². The highest BCUT2D eigenvalue weighted by atomic mass is 32.2. The standard InChI is InChI=1S/C19H18N2O4S/c1-13-10-14(12-20-19(13)22)17-11-15(21-26(2,23)24)8-9-18(17)25-16-6-4-3-5-7-16/h3-12,21H,1-2H3,(H,20,22). The van der Waals surface area contributed by atoms with Gasteiger partial charge in [0.1, 0.15) is 11.5 Å². The average Bonchev–Trinajstić information content (AvgIpc) is 2.58. The molecule has 3 aromatic rings. The number of H-pyrrole nitrogens is 1. The van der Waals surface area contributed by atoms with Gasteiger partial charge in [0.05, 0.1) is 6.26 Å². The van der Waals surface area contributed by atoms with Gasteiger partial charge in [-0.15, -0.1) is 0 Å². The number of aryl methyl sites for hydroxylation is 1. The number of hydrogen-bond acceptors (Lipinski definition) is 4. The second-order valence-corrected chi connectivity index (χ2v) is 7.65. The number of para-hydroxylation sites is 1. The van der Waals surface area contributed by atoms with Gasteiger partial charge in [-0.3, -0.25) is 9.52 Å². The van der Waals surface area contributed by atoms with Crippen LogP contribution in [-0.4, -0.2) is 19.7 Å². The van der Waals surface area contributed by atoms with E-state index in [9.17, 15) is 13.2 Å². The molecule has 0 fully saturated rings. The highest BCUT2D eigenvalue weighted by Crippen LogP contribution is 2.35. The molecule has 0 bridgehead atoms. The largest absolute Gasteiger partial charge is 0.457 e. The minimum absolute atomic E-state index is 0.176. The van der Waals surface area contributed by atoms with Crippen LogP contribution in [0.25, 0.3) is 11.1 Å². The number of aromatic nitrogens is 1. The molecule has 2 aromatic carbocycles. The zero-order chi connectivity index (χ0) is 18.7. The first-order valence-corrected chi connectivity index (χ1v) is 9.75. The third-order valence-electron chi connectivity index (χ3n) is 3.65. The van der Waals surface area contributed by atoms with Crippen LogP contribution in [0.3, 0.4) is 0 Å². The summed E-state index contributed by atoms with van der Waals surface area (Å²) in [7, 11) is -3.41. The molecule has 0 unspecified atom stereocenters. The van der Waals surface area contributed by atoms with E-state index in [1.165, 1.54) is 0 Å². The van der Waals surface area contributed by atoms with Crippen molar-refractivity contribution in [2.45, 2.75) is 6.92 Å². The second-order valence-electron chi connectivity index (χ2n) is 5.90. The summed E-state index contributed by atoms with van der Waals surface area (Å²) >= 11 is 0. The first kappa shape index (κ1) is 17.8. The lowest BCUT2D eigenvalue weighted by Gasteiger charge is -2.14. The topological polar surface area (TPSA) is 88.3 Å². The molecule has 0 saturated heterocycles. The summed E-state index contributed by atoms with van der Waals surface area (Å²) in [6.07, 6.45) is 2.66. The Hall–Kier alpha value is -3.06. The molecule has 7 heteroatoms. The van der Waals surface area contributed by atoms with Gasteiger partial charge >= 0.3 is 0 Å². The molecule has 6 nitrogen and oxygen atoms in total. The second kappa shape index (κ2) is 7.05. The molecule has 0 radical (unpaired) electrons. The third kappa shape index (κ3) is 4.31. The Kier molecular flexibility index (Phi) is 4.81. The zero-order valence-corrected chi connectivity index (χ0v) is 15.1. The number of sulfonamides is 1. The quantitative estimate of drug-likeness (QED) is 0.719. The van der Waals surface area contributed by atoms with Gasteiger partial charge in [0.25, 0.3) is 5.56 Å². The van der Waals surface area contributed by atoms with Crippen LogP contribution in [0.15, 0.2) is 65.6 Å². The summed E-state index contributed by atoms with van der Waals surface area (Å²) in [6, 6.07) is 16.0. The number of rotatable bonds is 5. The fourth-order valence-corrected chi connectivity index (χ4v) is 3.05. The van der Waals surface area contributed by atoms with E-state index < -0.39 is 10.0 Å². The Bertz CT molecular complexity index is 1090. The van der Waals surface area contributed by atoms with Crippen molar-refractivity contribution >= 4 is 15.7 Å². The van der Waals surface area contributed by atoms with Gasteiger partial charge in [-0.1, -0.05) is 18.2 Å². The van der Waals surface area contributed by atoms with Crippen molar-refractivity contribution in [2.75, 3.05) is 11.0 Å². The number of aromatic amines is 1. The van der Waals surface area contributed by atoms with Crippen LogP contribution in [0, 0.1) is 6.92 Å². The van der Waals surface area contributed by atoms with Gasteiger partial charge in [0, 0.05) is 28.6 Å². The van der Waals surface area contributed by atoms with E-state index in [1.807, 2.05) is 30.3 Å². The van der Waals surface area contributed by atoms with E-state index in [0.29, 0.717) is 33.9 Å².